The Labute approximate surface area is 135 Å². The van der Waals surface area contributed by atoms with Gasteiger partial charge in [-0.2, -0.15) is 0 Å². The molecule has 0 fully saturated rings. The zero-order chi connectivity index (χ0) is 16.1. The summed E-state index contributed by atoms with van der Waals surface area (Å²) in [6.07, 6.45) is 3.52. The highest BCUT2D eigenvalue weighted by Gasteiger charge is 2.03. The first-order valence-electron chi connectivity index (χ1n) is 7.51. The number of nitrogens with one attached hydrogen (secondary N) is 2. The predicted molar refractivity (Wildman–Crippen MR) is 96.3 cm³/mol. The topological polar surface area (TPSA) is 41.1 Å². The van der Waals surface area contributed by atoms with Gasteiger partial charge in [0, 0.05) is 11.6 Å². The molecule has 2 N–H and O–H groups in total. The molecule has 0 aliphatic rings. The maximum Gasteiger partial charge on any atom is 0.323 e. The Balaban J connectivity index is 1.67. The first-order chi connectivity index (χ1) is 11.2. The molecular weight excluding hydrogens is 284 g/mol. The molecule has 0 aliphatic heterocycles. The number of carbonyl (C=O) groups is 1. The van der Waals surface area contributed by atoms with Crippen molar-refractivity contribution in [2.75, 3.05) is 5.32 Å². The van der Waals surface area contributed by atoms with E-state index in [1.165, 1.54) is 5.56 Å². The summed E-state index contributed by atoms with van der Waals surface area (Å²) in [6, 6.07) is 21.6. The summed E-state index contributed by atoms with van der Waals surface area (Å²) in [5.74, 6) is 0. The van der Waals surface area contributed by atoms with Crippen molar-refractivity contribution in [3.63, 3.8) is 0 Å². The van der Waals surface area contributed by atoms with Gasteiger partial charge < -0.3 is 10.6 Å². The number of fused-ring (bicyclic) bond motifs is 1. The van der Waals surface area contributed by atoms with Crippen LogP contribution in [0.2, 0.25) is 0 Å². The van der Waals surface area contributed by atoms with Gasteiger partial charge in [0.15, 0.2) is 0 Å². The molecule has 0 spiro atoms. The monoisotopic (exact) mass is 302 g/mol. The summed E-state index contributed by atoms with van der Waals surface area (Å²) in [6.45, 7) is 2.04. The molecule has 3 heteroatoms. The number of rotatable bonds is 3. The highest BCUT2D eigenvalue weighted by Crippen LogP contribution is 2.22. The molecule has 3 aromatic carbocycles. The standard InChI is InChI=1S/C20H18N2O/c1-15-6-4-7-16(14-15)12-13-21-20(23)22-19-11-5-9-17-8-2-3-10-18(17)19/h2-14H,1H3,(H2,21,22,23)/b13-12+. The molecule has 0 unspecified atom stereocenters. The van der Waals surface area contributed by atoms with Crippen LogP contribution in [0.3, 0.4) is 0 Å². The Morgan fingerprint density at radius 3 is 2.61 bits per heavy atom. The van der Waals surface area contributed by atoms with Crippen LogP contribution in [0.4, 0.5) is 10.5 Å². The first kappa shape index (κ1) is 14.9. The molecule has 3 aromatic rings. The van der Waals surface area contributed by atoms with E-state index in [-0.39, 0.29) is 6.03 Å². The smallest absolute Gasteiger partial charge is 0.314 e. The minimum atomic E-state index is -0.259. The number of carbonyl (C=O) groups excluding carboxylic acids is 1. The molecular formula is C20H18N2O. The van der Waals surface area contributed by atoms with Crippen LogP contribution in [0, 0.1) is 6.92 Å². The molecule has 23 heavy (non-hydrogen) atoms. The molecule has 2 amide bonds. The van der Waals surface area contributed by atoms with Crippen molar-refractivity contribution in [3.05, 3.63) is 84.1 Å². The number of amides is 2. The van der Waals surface area contributed by atoms with Gasteiger partial charge in [-0.25, -0.2) is 4.79 Å². The normalized spacial score (nSPS) is 10.8. The largest absolute Gasteiger partial charge is 0.323 e. The molecule has 0 saturated carbocycles. The van der Waals surface area contributed by atoms with Gasteiger partial charge in [0.05, 0.1) is 5.69 Å². The molecule has 0 atom stereocenters. The third-order valence-corrected chi connectivity index (χ3v) is 3.57. The summed E-state index contributed by atoms with van der Waals surface area (Å²) < 4.78 is 0. The molecule has 0 aromatic heterocycles. The Morgan fingerprint density at radius 2 is 1.74 bits per heavy atom. The maximum absolute atomic E-state index is 12.0. The lowest BCUT2D eigenvalue weighted by atomic mass is 10.1. The number of benzene rings is 3. The number of hydrogen-bond donors (Lipinski definition) is 2. The second-order valence-corrected chi connectivity index (χ2v) is 5.37. The van der Waals surface area contributed by atoms with Crippen molar-refractivity contribution in [1.82, 2.24) is 5.32 Å². The summed E-state index contributed by atoms with van der Waals surface area (Å²) >= 11 is 0. The minimum absolute atomic E-state index is 0.259. The molecule has 3 rings (SSSR count). The molecule has 0 aliphatic carbocycles. The minimum Gasteiger partial charge on any atom is -0.314 e. The molecule has 114 valence electrons. The fourth-order valence-electron chi connectivity index (χ4n) is 2.48. The van der Waals surface area contributed by atoms with Crippen LogP contribution in [-0.2, 0) is 0 Å². The second kappa shape index (κ2) is 6.79. The van der Waals surface area contributed by atoms with Crippen molar-refractivity contribution in [1.29, 1.82) is 0 Å². The van der Waals surface area contributed by atoms with Crippen molar-refractivity contribution >= 4 is 28.6 Å². The van der Waals surface area contributed by atoms with Crippen LogP contribution in [0.5, 0.6) is 0 Å². The Kier molecular flexibility index (Phi) is 4.39. The van der Waals surface area contributed by atoms with Crippen LogP contribution in [0.15, 0.2) is 72.9 Å². The van der Waals surface area contributed by atoms with Crippen molar-refractivity contribution in [2.45, 2.75) is 6.92 Å². The quantitative estimate of drug-likeness (QED) is 0.707. The number of anilines is 1. The van der Waals surface area contributed by atoms with Crippen LogP contribution >= 0.6 is 0 Å². The van der Waals surface area contributed by atoms with Gasteiger partial charge in [0.2, 0.25) is 0 Å². The average molecular weight is 302 g/mol. The third kappa shape index (κ3) is 3.77. The second-order valence-electron chi connectivity index (χ2n) is 5.37. The number of hydrogen-bond acceptors (Lipinski definition) is 1. The zero-order valence-electron chi connectivity index (χ0n) is 12.9. The van der Waals surface area contributed by atoms with E-state index >= 15 is 0 Å². The molecule has 0 bridgehead atoms. The van der Waals surface area contributed by atoms with E-state index in [1.807, 2.05) is 73.7 Å². The van der Waals surface area contributed by atoms with E-state index < -0.39 is 0 Å². The highest BCUT2D eigenvalue weighted by molar-refractivity contribution is 6.01. The molecule has 0 saturated heterocycles. The molecule has 0 heterocycles. The van der Waals surface area contributed by atoms with Gasteiger partial charge in [-0.1, -0.05) is 66.2 Å². The van der Waals surface area contributed by atoms with Crippen LogP contribution < -0.4 is 10.6 Å². The molecule has 0 radical (unpaired) electrons. The summed E-state index contributed by atoms with van der Waals surface area (Å²) in [5, 5.41) is 7.73. The summed E-state index contributed by atoms with van der Waals surface area (Å²) in [7, 11) is 0. The third-order valence-electron chi connectivity index (χ3n) is 3.57. The van der Waals surface area contributed by atoms with Gasteiger partial charge in [-0.3, -0.25) is 0 Å². The van der Waals surface area contributed by atoms with E-state index in [1.54, 1.807) is 6.20 Å². The van der Waals surface area contributed by atoms with Crippen LogP contribution in [0.1, 0.15) is 11.1 Å². The Hall–Kier alpha value is -3.07. The van der Waals surface area contributed by atoms with Crippen molar-refractivity contribution in [3.8, 4) is 0 Å². The number of urea groups is 1. The van der Waals surface area contributed by atoms with Crippen LogP contribution in [0.25, 0.3) is 16.8 Å². The van der Waals surface area contributed by atoms with E-state index in [4.69, 9.17) is 0 Å². The molecule has 3 nitrogen and oxygen atoms in total. The van der Waals surface area contributed by atoms with Gasteiger partial charge >= 0.3 is 6.03 Å². The Bertz CT molecular complexity index is 863. The van der Waals surface area contributed by atoms with E-state index in [0.29, 0.717) is 0 Å². The summed E-state index contributed by atoms with van der Waals surface area (Å²) in [5.41, 5.74) is 3.03. The fourth-order valence-corrected chi connectivity index (χ4v) is 2.48. The van der Waals surface area contributed by atoms with Gasteiger partial charge in [0.25, 0.3) is 0 Å². The van der Waals surface area contributed by atoms with Gasteiger partial charge in [0.1, 0.15) is 0 Å². The van der Waals surface area contributed by atoms with E-state index in [0.717, 1.165) is 22.0 Å². The number of aryl methyl sites for hydroxylation is 1. The lowest BCUT2D eigenvalue weighted by Gasteiger charge is -2.08. The average Bonchev–Trinajstić information content (AvgIpc) is 2.55. The van der Waals surface area contributed by atoms with Gasteiger partial charge in [-0.15, -0.1) is 0 Å². The predicted octanol–water partition coefficient (Wildman–Crippen LogP) is 4.94. The lowest BCUT2D eigenvalue weighted by Crippen LogP contribution is -2.23. The zero-order valence-corrected chi connectivity index (χ0v) is 12.9. The van der Waals surface area contributed by atoms with Crippen molar-refractivity contribution < 1.29 is 4.79 Å². The highest BCUT2D eigenvalue weighted by atomic mass is 16.2. The lowest BCUT2D eigenvalue weighted by molar-refractivity contribution is 0.255. The van der Waals surface area contributed by atoms with Crippen LogP contribution in [-0.4, -0.2) is 6.03 Å². The van der Waals surface area contributed by atoms with Gasteiger partial charge in [-0.05, 0) is 30.0 Å². The Morgan fingerprint density at radius 1 is 0.957 bits per heavy atom. The van der Waals surface area contributed by atoms with E-state index in [9.17, 15) is 4.79 Å². The van der Waals surface area contributed by atoms with E-state index in [2.05, 4.69) is 16.7 Å². The first-order valence-corrected chi connectivity index (χ1v) is 7.51. The SMILES string of the molecule is Cc1cccc(/C=C/NC(=O)Nc2cccc3ccccc23)c1. The van der Waals surface area contributed by atoms with Crippen molar-refractivity contribution in [2.24, 2.45) is 0 Å². The maximum atomic E-state index is 12.0. The fraction of sp³-hybridized carbons (Fsp3) is 0.0500. The summed E-state index contributed by atoms with van der Waals surface area (Å²) in [4.78, 5) is 12.0.